The van der Waals surface area contributed by atoms with Gasteiger partial charge in [0.25, 0.3) is 0 Å². The van der Waals surface area contributed by atoms with Crippen molar-refractivity contribution in [2.24, 2.45) is 0 Å². The van der Waals surface area contributed by atoms with Crippen LogP contribution in [-0.4, -0.2) is 14.2 Å². The number of alkyl halides is 1. The first-order valence-electron chi connectivity index (χ1n) is 5.87. The summed E-state index contributed by atoms with van der Waals surface area (Å²) in [6.45, 7) is 0. The molecule has 0 saturated carbocycles. The molecule has 0 saturated heterocycles. The molecule has 5 heteroatoms. The van der Waals surface area contributed by atoms with E-state index >= 15 is 0 Å². The highest BCUT2D eigenvalue weighted by Crippen LogP contribution is 2.38. The quantitative estimate of drug-likeness (QED) is 0.753. The smallest absolute Gasteiger partial charge is 0.165 e. The van der Waals surface area contributed by atoms with E-state index in [4.69, 9.17) is 32.7 Å². The van der Waals surface area contributed by atoms with E-state index < -0.39 is 11.2 Å². The SMILES string of the molecule is COc1cc(C(Cl)c2cc(Cl)ccc2OC)ccc1F. The van der Waals surface area contributed by atoms with Gasteiger partial charge in [0.15, 0.2) is 11.6 Å². The second-order valence-corrected chi connectivity index (χ2v) is 5.02. The summed E-state index contributed by atoms with van der Waals surface area (Å²) < 4.78 is 23.7. The molecule has 0 aliphatic rings. The minimum atomic E-state index is -0.516. The van der Waals surface area contributed by atoms with Crippen LogP contribution < -0.4 is 9.47 Å². The molecule has 0 amide bonds. The highest BCUT2D eigenvalue weighted by Gasteiger charge is 2.18. The van der Waals surface area contributed by atoms with Crippen molar-refractivity contribution in [2.45, 2.75) is 5.38 Å². The van der Waals surface area contributed by atoms with Crippen molar-refractivity contribution in [1.29, 1.82) is 0 Å². The number of halogens is 3. The third kappa shape index (κ3) is 3.00. The predicted molar refractivity (Wildman–Crippen MR) is 78.7 cm³/mol. The van der Waals surface area contributed by atoms with E-state index in [1.165, 1.54) is 13.2 Å². The monoisotopic (exact) mass is 314 g/mol. The van der Waals surface area contributed by atoms with Gasteiger partial charge in [-0.25, -0.2) is 4.39 Å². The topological polar surface area (TPSA) is 18.5 Å². The predicted octanol–water partition coefficient (Wildman–Crippen LogP) is 4.82. The molecule has 106 valence electrons. The van der Waals surface area contributed by atoms with Crippen LogP contribution in [0.3, 0.4) is 0 Å². The molecule has 2 rings (SSSR count). The molecule has 0 fully saturated rings. The first-order valence-corrected chi connectivity index (χ1v) is 6.69. The van der Waals surface area contributed by atoms with E-state index in [2.05, 4.69) is 0 Å². The van der Waals surface area contributed by atoms with Gasteiger partial charge in [0, 0.05) is 10.6 Å². The fraction of sp³-hybridized carbons (Fsp3) is 0.200. The lowest BCUT2D eigenvalue weighted by Crippen LogP contribution is -1.99. The van der Waals surface area contributed by atoms with Gasteiger partial charge in [-0.3, -0.25) is 0 Å². The molecule has 1 atom stereocenters. The van der Waals surface area contributed by atoms with Crippen molar-refractivity contribution in [3.05, 3.63) is 58.4 Å². The molecule has 0 spiro atoms. The van der Waals surface area contributed by atoms with Gasteiger partial charge in [0.1, 0.15) is 5.75 Å². The number of hydrogen-bond acceptors (Lipinski definition) is 2. The average molecular weight is 315 g/mol. The molecule has 0 heterocycles. The number of ether oxygens (including phenoxy) is 2. The van der Waals surface area contributed by atoms with Gasteiger partial charge in [-0.15, -0.1) is 11.6 Å². The van der Waals surface area contributed by atoms with Crippen LogP contribution in [0.15, 0.2) is 36.4 Å². The van der Waals surface area contributed by atoms with Crippen LogP contribution in [0.25, 0.3) is 0 Å². The third-order valence-corrected chi connectivity index (χ3v) is 3.65. The van der Waals surface area contributed by atoms with Gasteiger partial charge in [-0.05, 0) is 35.9 Å². The average Bonchev–Trinajstić information content (AvgIpc) is 2.47. The molecule has 1 unspecified atom stereocenters. The van der Waals surface area contributed by atoms with Gasteiger partial charge < -0.3 is 9.47 Å². The first-order chi connectivity index (χ1) is 9.56. The Morgan fingerprint density at radius 2 is 1.70 bits per heavy atom. The Morgan fingerprint density at radius 3 is 2.35 bits per heavy atom. The third-order valence-electron chi connectivity index (χ3n) is 2.93. The van der Waals surface area contributed by atoms with Crippen molar-refractivity contribution in [1.82, 2.24) is 0 Å². The highest BCUT2D eigenvalue weighted by atomic mass is 35.5. The summed E-state index contributed by atoms with van der Waals surface area (Å²) in [5.74, 6) is 0.338. The van der Waals surface area contributed by atoms with Gasteiger partial charge in [0.05, 0.1) is 19.6 Å². The Labute approximate surface area is 127 Å². The molecule has 0 bridgehead atoms. The van der Waals surface area contributed by atoms with Crippen molar-refractivity contribution in [3.8, 4) is 11.5 Å². The second kappa shape index (κ2) is 6.33. The largest absolute Gasteiger partial charge is 0.496 e. The number of hydrogen-bond donors (Lipinski definition) is 0. The number of methoxy groups -OCH3 is 2. The van der Waals surface area contributed by atoms with Crippen LogP contribution >= 0.6 is 23.2 Å². The van der Waals surface area contributed by atoms with Gasteiger partial charge in [-0.1, -0.05) is 17.7 Å². The van der Waals surface area contributed by atoms with Crippen LogP contribution in [0.4, 0.5) is 4.39 Å². The zero-order valence-electron chi connectivity index (χ0n) is 11.0. The first kappa shape index (κ1) is 14.9. The molecule has 0 radical (unpaired) electrons. The van der Waals surface area contributed by atoms with Crippen LogP contribution in [-0.2, 0) is 0 Å². The van der Waals surface area contributed by atoms with E-state index in [-0.39, 0.29) is 5.75 Å². The molecular formula is C15H13Cl2FO2. The van der Waals surface area contributed by atoms with E-state index in [0.29, 0.717) is 16.3 Å². The molecule has 0 aliphatic carbocycles. The summed E-state index contributed by atoms with van der Waals surface area (Å²) in [5, 5.41) is 0.0404. The lowest BCUT2D eigenvalue weighted by molar-refractivity contribution is 0.386. The summed E-state index contributed by atoms with van der Waals surface area (Å²) in [6, 6.07) is 9.68. The molecule has 2 aromatic carbocycles. The van der Waals surface area contributed by atoms with Crippen LogP contribution in [0, 0.1) is 5.82 Å². The Balaban J connectivity index is 2.45. The Hall–Kier alpha value is -1.45. The van der Waals surface area contributed by atoms with Gasteiger partial charge in [0.2, 0.25) is 0 Å². The minimum absolute atomic E-state index is 0.147. The highest BCUT2D eigenvalue weighted by molar-refractivity contribution is 6.31. The molecule has 2 nitrogen and oxygen atoms in total. The number of benzene rings is 2. The zero-order valence-corrected chi connectivity index (χ0v) is 12.5. The Morgan fingerprint density at radius 1 is 1.00 bits per heavy atom. The van der Waals surface area contributed by atoms with Crippen LogP contribution in [0.5, 0.6) is 11.5 Å². The zero-order chi connectivity index (χ0) is 14.7. The molecule has 2 aromatic rings. The second-order valence-electron chi connectivity index (χ2n) is 4.14. The molecule has 0 N–H and O–H groups in total. The summed E-state index contributed by atoms with van der Waals surface area (Å²) in [7, 11) is 2.97. The Bertz CT molecular complexity index is 617. The van der Waals surface area contributed by atoms with Crippen LogP contribution in [0.2, 0.25) is 5.02 Å². The van der Waals surface area contributed by atoms with Crippen LogP contribution in [0.1, 0.15) is 16.5 Å². The van der Waals surface area contributed by atoms with Gasteiger partial charge in [-0.2, -0.15) is 0 Å². The minimum Gasteiger partial charge on any atom is -0.496 e. The standard InChI is InChI=1S/C15H13Cl2FO2/c1-19-13-6-4-10(16)8-11(13)15(17)9-3-5-12(18)14(7-9)20-2/h3-8,15H,1-2H3. The maximum Gasteiger partial charge on any atom is 0.165 e. The van der Waals surface area contributed by atoms with Crippen molar-refractivity contribution < 1.29 is 13.9 Å². The summed E-state index contributed by atoms with van der Waals surface area (Å²) in [4.78, 5) is 0. The van der Waals surface area contributed by atoms with Crippen molar-refractivity contribution in [2.75, 3.05) is 14.2 Å². The van der Waals surface area contributed by atoms with Crippen molar-refractivity contribution >= 4 is 23.2 Å². The maximum atomic E-state index is 13.4. The maximum absolute atomic E-state index is 13.4. The van der Waals surface area contributed by atoms with E-state index in [0.717, 1.165) is 5.56 Å². The van der Waals surface area contributed by atoms with Gasteiger partial charge >= 0.3 is 0 Å². The summed E-state index contributed by atoms with van der Waals surface area (Å²) in [5.41, 5.74) is 1.42. The summed E-state index contributed by atoms with van der Waals surface area (Å²) >= 11 is 12.4. The molecular weight excluding hydrogens is 302 g/mol. The fourth-order valence-corrected chi connectivity index (χ4v) is 2.40. The molecule has 20 heavy (non-hydrogen) atoms. The summed E-state index contributed by atoms with van der Waals surface area (Å²) in [6.07, 6.45) is 0. The van der Waals surface area contributed by atoms with E-state index in [1.54, 1.807) is 37.4 Å². The van der Waals surface area contributed by atoms with Crippen molar-refractivity contribution in [3.63, 3.8) is 0 Å². The Kier molecular flexibility index (Phi) is 4.73. The number of rotatable bonds is 4. The van der Waals surface area contributed by atoms with E-state index in [1.807, 2.05) is 0 Å². The normalized spacial score (nSPS) is 12.1. The lowest BCUT2D eigenvalue weighted by Gasteiger charge is -2.15. The molecule has 0 aromatic heterocycles. The fourth-order valence-electron chi connectivity index (χ4n) is 1.92. The van der Waals surface area contributed by atoms with E-state index in [9.17, 15) is 4.39 Å². The molecule has 0 aliphatic heterocycles. The lowest BCUT2D eigenvalue weighted by atomic mass is 10.0.